The minimum Gasteiger partial charge on any atom is -0.493 e. The monoisotopic (exact) mass is 416 g/mol. The Morgan fingerprint density at radius 1 is 1.10 bits per heavy atom. The second-order valence-electron chi connectivity index (χ2n) is 8.38. The van der Waals surface area contributed by atoms with Crippen LogP contribution in [0.1, 0.15) is 96.0 Å². The van der Waals surface area contributed by atoms with E-state index in [-0.39, 0.29) is 11.4 Å². The summed E-state index contributed by atoms with van der Waals surface area (Å²) >= 11 is 0. The number of carbonyl (C=O) groups excluding carboxylic acids is 3. The van der Waals surface area contributed by atoms with Crippen molar-refractivity contribution in [3.05, 3.63) is 46.7 Å². The Kier molecular flexibility index (Phi) is 13.6. The molecule has 1 aromatic rings. The van der Waals surface area contributed by atoms with Crippen LogP contribution in [0.5, 0.6) is 0 Å². The van der Waals surface area contributed by atoms with Gasteiger partial charge in [0.25, 0.3) is 0 Å². The minimum atomic E-state index is -0.490. The summed E-state index contributed by atoms with van der Waals surface area (Å²) in [5.74, 6) is 0.675. The van der Waals surface area contributed by atoms with Gasteiger partial charge < -0.3 is 14.3 Å². The number of allylic oxidation sites excluding steroid dienone is 2. The van der Waals surface area contributed by atoms with Gasteiger partial charge in [0.1, 0.15) is 18.2 Å². The Morgan fingerprint density at radius 3 is 2.03 bits per heavy atom. The number of ether oxygens (including phenoxy) is 1. The van der Waals surface area contributed by atoms with E-state index in [1.165, 1.54) is 24.2 Å². The lowest BCUT2D eigenvalue weighted by Gasteiger charge is -2.22. The minimum absolute atomic E-state index is 0.0130. The van der Waals surface area contributed by atoms with Crippen LogP contribution in [0.25, 0.3) is 0 Å². The van der Waals surface area contributed by atoms with E-state index in [4.69, 9.17) is 4.74 Å². The molecule has 0 bridgehead atoms. The second kappa shape index (κ2) is 14.7. The Labute approximate surface area is 183 Å². The summed E-state index contributed by atoms with van der Waals surface area (Å²) in [6.07, 6.45) is 7.49. The highest BCUT2D eigenvalue weighted by molar-refractivity contribution is 6.06. The average molecular weight is 417 g/mol. The zero-order valence-corrected chi connectivity index (χ0v) is 19.9. The van der Waals surface area contributed by atoms with E-state index < -0.39 is 5.92 Å². The van der Waals surface area contributed by atoms with E-state index in [1.54, 1.807) is 6.07 Å². The van der Waals surface area contributed by atoms with Crippen molar-refractivity contribution in [1.82, 2.24) is 0 Å². The van der Waals surface area contributed by atoms with Crippen LogP contribution in [0, 0.1) is 12.8 Å². The lowest BCUT2D eigenvalue weighted by molar-refractivity contribution is -0.110. The van der Waals surface area contributed by atoms with E-state index in [0.717, 1.165) is 31.0 Å². The molecule has 1 atom stereocenters. The lowest BCUT2D eigenvalue weighted by Crippen LogP contribution is -2.18. The van der Waals surface area contributed by atoms with Crippen molar-refractivity contribution in [2.24, 2.45) is 5.92 Å². The van der Waals surface area contributed by atoms with E-state index in [9.17, 15) is 14.4 Å². The number of unbranched alkanes of at least 4 members (excludes halogenated alkanes) is 1. The number of benzene rings is 1. The van der Waals surface area contributed by atoms with Crippen molar-refractivity contribution in [3.63, 3.8) is 0 Å². The third kappa shape index (κ3) is 11.7. The van der Waals surface area contributed by atoms with Gasteiger partial charge in [-0.15, -0.1) is 0 Å². The molecule has 30 heavy (non-hydrogen) atoms. The standard InChI is InChI=1S/C12H14O2.C10H18O.C4H8O/c1-3-10(8-13)12(14)11-7-5-4-6-9(11)2;1-5-9(8-6-7-8)11-10(2,3)4;1-2-3-4-5/h4-8,10H,3H2,1-2H3;5-7H2,1-4H3;4H,2-3H2,1H3. The molecule has 4 heteroatoms. The first-order valence-corrected chi connectivity index (χ1v) is 11.0. The second-order valence-corrected chi connectivity index (χ2v) is 8.38. The molecule has 0 radical (unpaired) electrons. The molecule has 0 aliphatic heterocycles. The van der Waals surface area contributed by atoms with Crippen molar-refractivity contribution in [2.75, 3.05) is 0 Å². The van der Waals surface area contributed by atoms with Crippen LogP contribution in [-0.2, 0) is 14.3 Å². The van der Waals surface area contributed by atoms with E-state index >= 15 is 0 Å². The number of rotatable bonds is 8. The van der Waals surface area contributed by atoms with Crippen molar-refractivity contribution in [1.29, 1.82) is 0 Å². The Balaban J connectivity index is 0.000000468. The topological polar surface area (TPSA) is 60.4 Å². The maximum atomic E-state index is 11.8. The Morgan fingerprint density at radius 2 is 1.70 bits per heavy atom. The first-order valence-electron chi connectivity index (χ1n) is 11.0. The molecule has 1 aliphatic carbocycles. The van der Waals surface area contributed by atoms with Crippen LogP contribution < -0.4 is 0 Å². The van der Waals surface area contributed by atoms with Gasteiger partial charge in [0.05, 0.1) is 11.7 Å². The van der Waals surface area contributed by atoms with Crippen LogP contribution in [0.4, 0.5) is 0 Å². The fourth-order valence-corrected chi connectivity index (χ4v) is 2.62. The highest BCUT2D eigenvalue weighted by Gasteiger charge is 2.21. The SMILES string of the molecule is CCC(C=O)C(=O)c1ccccc1C.CCC(OC(C)(C)C)=C1CC1.CCCC=O. The molecule has 1 unspecified atom stereocenters. The first kappa shape index (κ1) is 27.8. The number of hydrogen-bond donors (Lipinski definition) is 0. The summed E-state index contributed by atoms with van der Waals surface area (Å²) in [6, 6.07) is 7.35. The number of hydrogen-bond acceptors (Lipinski definition) is 4. The van der Waals surface area contributed by atoms with Crippen LogP contribution >= 0.6 is 0 Å². The number of ketones is 1. The van der Waals surface area contributed by atoms with Gasteiger partial charge in [-0.3, -0.25) is 4.79 Å². The van der Waals surface area contributed by atoms with E-state index in [2.05, 4.69) is 27.7 Å². The average Bonchev–Trinajstić information content (AvgIpc) is 3.53. The van der Waals surface area contributed by atoms with Gasteiger partial charge in [-0.2, -0.15) is 0 Å². The van der Waals surface area contributed by atoms with Gasteiger partial charge in [0, 0.05) is 18.4 Å². The van der Waals surface area contributed by atoms with Gasteiger partial charge in [0.15, 0.2) is 5.78 Å². The van der Waals surface area contributed by atoms with Crippen molar-refractivity contribution < 1.29 is 19.1 Å². The number of carbonyl (C=O) groups is 3. The summed E-state index contributed by atoms with van der Waals surface area (Å²) in [4.78, 5) is 31.8. The molecule has 0 heterocycles. The highest BCUT2D eigenvalue weighted by atomic mass is 16.5. The van der Waals surface area contributed by atoms with Gasteiger partial charge in [0.2, 0.25) is 0 Å². The van der Waals surface area contributed by atoms with Crippen LogP contribution in [0.2, 0.25) is 0 Å². The molecule has 1 saturated carbocycles. The molecular weight excluding hydrogens is 376 g/mol. The molecule has 0 N–H and O–H groups in total. The molecule has 0 saturated heterocycles. The van der Waals surface area contributed by atoms with E-state index in [1.807, 2.05) is 39.0 Å². The van der Waals surface area contributed by atoms with Gasteiger partial charge in [-0.25, -0.2) is 0 Å². The zero-order valence-electron chi connectivity index (χ0n) is 19.9. The van der Waals surface area contributed by atoms with Crippen molar-refractivity contribution >= 4 is 18.4 Å². The number of aldehydes is 2. The van der Waals surface area contributed by atoms with Crippen LogP contribution in [0.15, 0.2) is 35.6 Å². The van der Waals surface area contributed by atoms with Gasteiger partial charge >= 0.3 is 0 Å². The zero-order chi connectivity index (χ0) is 23.2. The summed E-state index contributed by atoms with van der Waals surface area (Å²) in [7, 11) is 0. The largest absolute Gasteiger partial charge is 0.493 e. The first-order chi connectivity index (χ1) is 14.1. The summed E-state index contributed by atoms with van der Waals surface area (Å²) < 4.78 is 5.79. The van der Waals surface area contributed by atoms with Crippen LogP contribution in [0.3, 0.4) is 0 Å². The fraction of sp³-hybridized carbons (Fsp3) is 0.577. The number of Topliss-reactive ketones (excluding diaryl/α,β-unsaturated/α-hetero) is 1. The normalized spacial score (nSPS) is 13.0. The molecule has 2 rings (SSSR count). The fourth-order valence-electron chi connectivity index (χ4n) is 2.62. The molecule has 0 amide bonds. The Hall–Kier alpha value is -2.23. The van der Waals surface area contributed by atoms with Crippen molar-refractivity contribution in [2.45, 2.75) is 92.6 Å². The molecule has 0 aromatic heterocycles. The third-order valence-corrected chi connectivity index (χ3v) is 4.40. The third-order valence-electron chi connectivity index (χ3n) is 4.40. The van der Waals surface area contributed by atoms with Gasteiger partial charge in [-0.05, 0) is 64.5 Å². The molecule has 0 spiro atoms. The quantitative estimate of drug-likeness (QED) is 0.206. The number of aryl methyl sites for hydroxylation is 1. The van der Waals surface area contributed by atoms with Gasteiger partial charge in [-0.1, -0.05) is 45.0 Å². The van der Waals surface area contributed by atoms with E-state index in [0.29, 0.717) is 18.4 Å². The Bertz CT molecular complexity index is 689. The summed E-state index contributed by atoms with van der Waals surface area (Å²) in [5.41, 5.74) is 3.10. The van der Waals surface area contributed by atoms with Crippen molar-refractivity contribution in [3.8, 4) is 0 Å². The summed E-state index contributed by atoms with van der Waals surface area (Å²) in [6.45, 7) is 14.2. The predicted molar refractivity (Wildman–Crippen MR) is 124 cm³/mol. The highest BCUT2D eigenvalue weighted by Crippen LogP contribution is 2.35. The maximum absolute atomic E-state index is 11.8. The molecule has 1 aromatic carbocycles. The molecule has 168 valence electrons. The molecule has 1 fully saturated rings. The van der Waals surface area contributed by atoms with Crippen LogP contribution in [-0.4, -0.2) is 24.0 Å². The molecule has 4 nitrogen and oxygen atoms in total. The predicted octanol–water partition coefficient (Wildman–Crippen LogP) is 6.65. The molecule has 1 aliphatic rings. The smallest absolute Gasteiger partial charge is 0.173 e. The molecular formula is C26H40O4. The summed E-state index contributed by atoms with van der Waals surface area (Å²) in [5, 5.41) is 0. The maximum Gasteiger partial charge on any atom is 0.173 e. The lowest BCUT2D eigenvalue weighted by atomic mass is 9.94.